The van der Waals surface area contributed by atoms with Crippen molar-refractivity contribution in [3.8, 4) is 0 Å². The van der Waals surface area contributed by atoms with E-state index in [4.69, 9.17) is 0 Å². The third kappa shape index (κ3) is 4.70. The number of nitrogens with one attached hydrogen (secondary N) is 2. The van der Waals surface area contributed by atoms with Gasteiger partial charge in [-0.05, 0) is 23.5 Å². The quantitative estimate of drug-likeness (QED) is 0.866. The van der Waals surface area contributed by atoms with Crippen LogP contribution >= 0.6 is 0 Å². The summed E-state index contributed by atoms with van der Waals surface area (Å²) in [6.07, 6.45) is 1.77. The first kappa shape index (κ1) is 15.2. The molecule has 21 heavy (non-hydrogen) atoms. The summed E-state index contributed by atoms with van der Waals surface area (Å²) in [6, 6.07) is 8.25. The highest BCUT2D eigenvalue weighted by Gasteiger charge is 2.17. The molecule has 5 heteroatoms. The second kappa shape index (κ2) is 7.02. The van der Waals surface area contributed by atoms with E-state index < -0.39 is 0 Å². The van der Waals surface area contributed by atoms with E-state index in [1.807, 2.05) is 12.1 Å². The van der Waals surface area contributed by atoms with E-state index in [1.165, 1.54) is 5.56 Å². The molecule has 0 unspecified atom stereocenters. The lowest BCUT2D eigenvalue weighted by atomic mass is 10.0. The standard InChI is InChI=1S/C16H21N3O2/c1-11(2)9-12-3-5-13(6-4-12)10-17-16(21)14-7-8-15(20)19-18-14/h3-6,11H,7-10H2,1-2H3,(H,17,21)(H,19,20). The minimum atomic E-state index is -0.221. The number of amides is 2. The molecule has 0 spiro atoms. The number of rotatable bonds is 5. The van der Waals surface area contributed by atoms with Crippen molar-refractivity contribution in [3.05, 3.63) is 35.4 Å². The highest BCUT2D eigenvalue weighted by molar-refractivity contribution is 6.39. The minimum Gasteiger partial charge on any atom is -0.347 e. The molecule has 5 nitrogen and oxygen atoms in total. The largest absolute Gasteiger partial charge is 0.347 e. The molecule has 1 aliphatic rings. The maximum absolute atomic E-state index is 11.9. The van der Waals surface area contributed by atoms with Gasteiger partial charge in [-0.1, -0.05) is 38.1 Å². The lowest BCUT2D eigenvalue weighted by Gasteiger charge is -2.12. The maximum Gasteiger partial charge on any atom is 0.267 e. The van der Waals surface area contributed by atoms with Gasteiger partial charge in [-0.3, -0.25) is 9.59 Å². The molecule has 0 bridgehead atoms. The molecule has 0 saturated heterocycles. The number of nitrogens with zero attached hydrogens (tertiary/aromatic N) is 1. The molecule has 0 radical (unpaired) electrons. The topological polar surface area (TPSA) is 70.6 Å². The Kier molecular flexibility index (Phi) is 5.09. The predicted octanol–water partition coefficient (Wildman–Crippen LogP) is 1.77. The molecule has 0 aromatic heterocycles. The first-order valence-corrected chi connectivity index (χ1v) is 7.26. The number of hydrogen-bond acceptors (Lipinski definition) is 3. The Balaban J connectivity index is 1.85. The number of benzene rings is 1. The molecule has 1 aromatic carbocycles. The second-order valence-electron chi connectivity index (χ2n) is 5.69. The van der Waals surface area contributed by atoms with Crippen LogP contribution in [0.2, 0.25) is 0 Å². The summed E-state index contributed by atoms with van der Waals surface area (Å²) in [7, 11) is 0. The summed E-state index contributed by atoms with van der Waals surface area (Å²) in [6.45, 7) is 4.85. The van der Waals surface area contributed by atoms with Gasteiger partial charge in [-0.15, -0.1) is 0 Å². The fraction of sp³-hybridized carbons (Fsp3) is 0.438. The van der Waals surface area contributed by atoms with Gasteiger partial charge < -0.3 is 5.32 Å². The van der Waals surface area contributed by atoms with Crippen molar-refractivity contribution in [3.63, 3.8) is 0 Å². The molecule has 2 rings (SSSR count). The summed E-state index contributed by atoms with van der Waals surface area (Å²) in [5.74, 6) is 0.267. The van der Waals surface area contributed by atoms with E-state index in [0.29, 0.717) is 31.0 Å². The summed E-state index contributed by atoms with van der Waals surface area (Å²) in [5, 5.41) is 6.60. The first-order valence-electron chi connectivity index (χ1n) is 7.26. The average Bonchev–Trinajstić information content (AvgIpc) is 2.46. The van der Waals surface area contributed by atoms with Crippen LogP contribution in [0, 0.1) is 5.92 Å². The Morgan fingerprint density at radius 2 is 1.90 bits per heavy atom. The average molecular weight is 287 g/mol. The van der Waals surface area contributed by atoms with Crippen molar-refractivity contribution in [1.29, 1.82) is 0 Å². The Labute approximate surface area is 124 Å². The smallest absolute Gasteiger partial charge is 0.267 e. The first-order chi connectivity index (χ1) is 10.0. The number of carbonyl (C=O) groups excluding carboxylic acids is 2. The van der Waals surface area contributed by atoms with Crippen LogP contribution in [0.25, 0.3) is 0 Å². The monoisotopic (exact) mass is 287 g/mol. The molecule has 112 valence electrons. The van der Waals surface area contributed by atoms with Crippen LogP contribution in [0.5, 0.6) is 0 Å². The number of hydrazone groups is 1. The molecule has 1 aliphatic heterocycles. The molecule has 0 atom stereocenters. The lowest BCUT2D eigenvalue weighted by molar-refractivity contribution is -0.121. The summed E-state index contributed by atoms with van der Waals surface area (Å²) in [4.78, 5) is 22.9. The predicted molar refractivity (Wildman–Crippen MR) is 81.6 cm³/mol. The summed E-state index contributed by atoms with van der Waals surface area (Å²) < 4.78 is 0. The zero-order valence-corrected chi connectivity index (χ0v) is 12.5. The molecule has 2 N–H and O–H groups in total. The summed E-state index contributed by atoms with van der Waals surface area (Å²) >= 11 is 0. The van der Waals surface area contributed by atoms with E-state index in [0.717, 1.165) is 12.0 Å². The van der Waals surface area contributed by atoms with Crippen molar-refractivity contribution in [2.45, 2.75) is 39.7 Å². The van der Waals surface area contributed by atoms with Gasteiger partial charge in [0.05, 0.1) is 0 Å². The third-order valence-corrected chi connectivity index (χ3v) is 3.29. The molecule has 1 aromatic rings. The van der Waals surface area contributed by atoms with Crippen LogP contribution in [0.1, 0.15) is 37.8 Å². The van der Waals surface area contributed by atoms with E-state index in [1.54, 1.807) is 0 Å². The van der Waals surface area contributed by atoms with Crippen LogP contribution < -0.4 is 10.7 Å². The molecule has 0 fully saturated rings. The van der Waals surface area contributed by atoms with Crippen LogP contribution in [0.3, 0.4) is 0 Å². The number of hydrogen-bond donors (Lipinski definition) is 2. The van der Waals surface area contributed by atoms with E-state index in [2.05, 4.69) is 41.8 Å². The fourth-order valence-electron chi connectivity index (χ4n) is 2.19. The van der Waals surface area contributed by atoms with Crippen LogP contribution in [-0.4, -0.2) is 17.5 Å². The molecule has 2 amide bonds. The molecule has 1 heterocycles. The highest BCUT2D eigenvalue weighted by Crippen LogP contribution is 2.10. The Morgan fingerprint density at radius 1 is 1.24 bits per heavy atom. The van der Waals surface area contributed by atoms with Gasteiger partial charge in [0.15, 0.2) is 0 Å². The van der Waals surface area contributed by atoms with Gasteiger partial charge in [0.2, 0.25) is 5.91 Å². The van der Waals surface area contributed by atoms with Crippen molar-refractivity contribution < 1.29 is 9.59 Å². The minimum absolute atomic E-state index is 0.146. The van der Waals surface area contributed by atoms with Crippen LogP contribution in [0.4, 0.5) is 0 Å². The van der Waals surface area contributed by atoms with Gasteiger partial charge in [0.1, 0.15) is 5.71 Å². The fourth-order valence-corrected chi connectivity index (χ4v) is 2.19. The van der Waals surface area contributed by atoms with Crippen molar-refractivity contribution in [1.82, 2.24) is 10.7 Å². The Hall–Kier alpha value is -2.17. The van der Waals surface area contributed by atoms with E-state index in [-0.39, 0.29) is 11.8 Å². The van der Waals surface area contributed by atoms with Gasteiger partial charge in [-0.2, -0.15) is 5.10 Å². The van der Waals surface area contributed by atoms with Gasteiger partial charge >= 0.3 is 0 Å². The second-order valence-corrected chi connectivity index (χ2v) is 5.69. The van der Waals surface area contributed by atoms with Crippen molar-refractivity contribution >= 4 is 17.5 Å². The van der Waals surface area contributed by atoms with Gasteiger partial charge in [0.25, 0.3) is 5.91 Å². The van der Waals surface area contributed by atoms with E-state index in [9.17, 15) is 9.59 Å². The molecular formula is C16H21N3O2. The highest BCUT2D eigenvalue weighted by atomic mass is 16.2. The molecule has 0 aliphatic carbocycles. The van der Waals surface area contributed by atoms with Gasteiger partial charge in [0, 0.05) is 19.4 Å². The number of carbonyl (C=O) groups is 2. The zero-order chi connectivity index (χ0) is 15.2. The Morgan fingerprint density at radius 3 is 2.48 bits per heavy atom. The maximum atomic E-state index is 11.9. The normalized spacial score (nSPS) is 14.6. The Bertz CT molecular complexity index is 547. The molecule has 0 saturated carbocycles. The van der Waals surface area contributed by atoms with E-state index >= 15 is 0 Å². The van der Waals surface area contributed by atoms with Crippen molar-refractivity contribution in [2.75, 3.05) is 0 Å². The van der Waals surface area contributed by atoms with Crippen molar-refractivity contribution in [2.24, 2.45) is 11.0 Å². The SMILES string of the molecule is CC(C)Cc1ccc(CNC(=O)C2=NNC(=O)CC2)cc1. The van der Waals surface area contributed by atoms with Crippen LogP contribution in [0.15, 0.2) is 29.4 Å². The summed E-state index contributed by atoms with van der Waals surface area (Å²) in [5.41, 5.74) is 5.06. The molecular weight excluding hydrogens is 266 g/mol. The lowest BCUT2D eigenvalue weighted by Crippen LogP contribution is -2.36. The zero-order valence-electron chi connectivity index (χ0n) is 12.5. The van der Waals surface area contributed by atoms with Gasteiger partial charge in [-0.25, -0.2) is 5.43 Å². The van der Waals surface area contributed by atoms with Crippen LogP contribution in [-0.2, 0) is 22.6 Å². The third-order valence-electron chi connectivity index (χ3n) is 3.29.